The van der Waals surface area contributed by atoms with Crippen LogP contribution < -0.4 is 5.32 Å². The van der Waals surface area contributed by atoms with Crippen LogP contribution in [0.5, 0.6) is 0 Å². The van der Waals surface area contributed by atoms with Crippen LogP contribution in [0.2, 0.25) is 0 Å². The number of hydrogen-bond donors (Lipinski definition) is 2. The maximum atomic E-state index is 12.2. The van der Waals surface area contributed by atoms with Crippen LogP contribution in [-0.4, -0.2) is 47.7 Å². The van der Waals surface area contributed by atoms with E-state index in [1.807, 2.05) is 6.26 Å². The van der Waals surface area contributed by atoms with Crippen LogP contribution in [0.25, 0.3) is 0 Å². The SMILES string of the molecule is CN[C@@](CCSC)(C(=O)O)[C@@H]1OC(=O)[C@@H]2[C@H]1[C@@H]1C=C[C@H]2C1. The molecule has 3 aliphatic rings. The smallest absolute Gasteiger partial charge is 0.327 e. The van der Waals surface area contributed by atoms with Gasteiger partial charge in [0.25, 0.3) is 0 Å². The van der Waals surface area contributed by atoms with Gasteiger partial charge in [0.2, 0.25) is 0 Å². The van der Waals surface area contributed by atoms with Crippen LogP contribution in [0.4, 0.5) is 0 Å². The number of aliphatic carboxylic acids is 1. The highest BCUT2D eigenvalue weighted by Crippen LogP contribution is 2.55. The molecule has 3 rings (SSSR count). The first-order valence-electron chi connectivity index (χ1n) is 7.35. The Hall–Kier alpha value is -1.01. The fourth-order valence-corrected chi connectivity index (χ4v) is 4.85. The standard InChI is InChI=1S/C15H21NO4S/c1-16-15(14(18)19,5-6-21-2)12-10-8-3-4-9(7-8)11(10)13(17)20-12/h3-4,8-12,16H,5-7H2,1-2H3,(H,18,19)/t8-,9+,10-,11+,12-,15-/m1/s1. The summed E-state index contributed by atoms with van der Waals surface area (Å²) in [4.78, 5) is 24.2. The molecule has 21 heavy (non-hydrogen) atoms. The zero-order valence-electron chi connectivity index (χ0n) is 12.2. The lowest BCUT2D eigenvalue weighted by Gasteiger charge is -2.37. The first-order chi connectivity index (χ1) is 10.0. The van der Waals surface area contributed by atoms with Crippen molar-refractivity contribution in [3.05, 3.63) is 12.2 Å². The number of allylic oxidation sites excluding steroid dienone is 2. The molecule has 1 saturated carbocycles. The van der Waals surface area contributed by atoms with Gasteiger partial charge in [-0.15, -0.1) is 0 Å². The topological polar surface area (TPSA) is 75.6 Å². The van der Waals surface area contributed by atoms with Gasteiger partial charge < -0.3 is 15.2 Å². The molecule has 2 N–H and O–H groups in total. The molecule has 0 radical (unpaired) electrons. The van der Waals surface area contributed by atoms with Crippen LogP contribution in [0.1, 0.15) is 12.8 Å². The third-order valence-corrected chi connectivity index (χ3v) is 6.01. The van der Waals surface area contributed by atoms with Gasteiger partial charge >= 0.3 is 11.9 Å². The Morgan fingerprint density at radius 1 is 1.52 bits per heavy atom. The maximum absolute atomic E-state index is 12.2. The average molecular weight is 311 g/mol. The Balaban J connectivity index is 1.94. The minimum atomic E-state index is -1.18. The molecule has 6 heteroatoms. The highest BCUT2D eigenvalue weighted by Gasteiger charge is 2.64. The van der Waals surface area contributed by atoms with E-state index < -0.39 is 17.6 Å². The Kier molecular flexibility index (Phi) is 3.78. The lowest BCUT2D eigenvalue weighted by molar-refractivity contribution is -0.158. The number of fused-ring (bicyclic) bond motifs is 5. The fourth-order valence-electron chi connectivity index (χ4n) is 4.32. The predicted molar refractivity (Wildman–Crippen MR) is 80.0 cm³/mol. The quantitative estimate of drug-likeness (QED) is 0.566. The van der Waals surface area contributed by atoms with E-state index in [-0.39, 0.29) is 29.6 Å². The monoisotopic (exact) mass is 311 g/mol. The highest BCUT2D eigenvalue weighted by atomic mass is 32.2. The summed E-state index contributed by atoms with van der Waals surface area (Å²) in [7, 11) is 1.65. The Morgan fingerprint density at radius 3 is 2.86 bits per heavy atom. The van der Waals surface area contributed by atoms with Crippen LogP contribution in [-0.2, 0) is 14.3 Å². The lowest BCUT2D eigenvalue weighted by Crippen LogP contribution is -2.61. The minimum absolute atomic E-state index is 0.00194. The molecule has 0 aromatic heterocycles. The van der Waals surface area contributed by atoms with E-state index in [2.05, 4.69) is 17.5 Å². The molecule has 116 valence electrons. The number of carbonyl (C=O) groups excluding carboxylic acids is 1. The maximum Gasteiger partial charge on any atom is 0.327 e. The van der Waals surface area contributed by atoms with Crippen molar-refractivity contribution in [1.29, 1.82) is 0 Å². The Morgan fingerprint density at radius 2 is 2.24 bits per heavy atom. The second-order valence-corrected chi connectivity index (χ2v) is 7.16. The van der Waals surface area contributed by atoms with Crippen molar-refractivity contribution in [2.75, 3.05) is 19.1 Å². The van der Waals surface area contributed by atoms with E-state index in [1.54, 1.807) is 18.8 Å². The van der Waals surface area contributed by atoms with Gasteiger partial charge in [0.15, 0.2) is 5.54 Å². The number of cyclic esters (lactones) is 1. The summed E-state index contributed by atoms with van der Waals surface area (Å²) >= 11 is 1.60. The second kappa shape index (κ2) is 5.32. The summed E-state index contributed by atoms with van der Waals surface area (Å²) in [5.74, 6) is -0.0673. The van der Waals surface area contributed by atoms with Gasteiger partial charge in [0.05, 0.1) is 5.92 Å². The van der Waals surface area contributed by atoms with Gasteiger partial charge in [-0.25, -0.2) is 0 Å². The van der Waals surface area contributed by atoms with Crippen molar-refractivity contribution in [3.8, 4) is 0 Å². The molecule has 1 heterocycles. The van der Waals surface area contributed by atoms with Crippen molar-refractivity contribution in [2.24, 2.45) is 23.7 Å². The molecule has 1 saturated heterocycles. The van der Waals surface area contributed by atoms with Gasteiger partial charge in [-0.1, -0.05) is 12.2 Å². The first-order valence-corrected chi connectivity index (χ1v) is 8.74. The largest absolute Gasteiger partial charge is 0.480 e. The molecule has 2 bridgehead atoms. The van der Waals surface area contributed by atoms with Crippen LogP contribution in [0, 0.1) is 23.7 Å². The second-order valence-electron chi connectivity index (χ2n) is 6.18. The fraction of sp³-hybridized carbons (Fsp3) is 0.733. The van der Waals surface area contributed by atoms with Crippen LogP contribution in [0.15, 0.2) is 12.2 Å². The zero-order chi connectivity index (χ0) is 15.2. The van der Waals surface area contributed by atoms with Crippen molar-refractivity contribution < 1.29 is 19.4 Å². The summed E-state index contributed by atoms with van der Waals surface area (Å²) in [5, 5.41) is 12.8. The van der Waals surface area contributed by atoms with E-state index in [1.165, 1.54) is 0 Å². The number of carboxylic acid groups (broad SMARTS) is 1. The summed E-state index contributed by atoms with van der Waals surface area (Å²) < 4.78 is 5.59. The molecule has 1 aliphatic heterocycles. The van der Waals surface area contributed by atoms with Crippen molar-refractivity contribution >= 4 is 23.7 Å². The van der Waals surface area contributed by atoms with Crippen molar-refractivity contribution in [3.63, 3.8) is 0 Å². The van der Waals surface area contributed by atoms with Gasteiger partial charge in [0, 0.05) is 5.92 Å². The summed E-state index contributed by atoms with van der Waals surface area (Å²) in [5.41, 5.74) is -1.18. The van der Waals surface area contributed by atoms with Gasteiger partial charge in [-0.3, -0.25) is 9.59 Å². The number of hydrogen-bond acceptors (Lipinski definition) is 5. The highest BCUT2D eigenvalue weighted by molar-refractivity contribution is 7.98. The number of ether oxygens (including phenoxy) is 1. The molecule has 0 aromatic carbocycles. The van der Waals surface area contributed by atoms with E-state index in [4.69, 9.17) is 4.74 Å². The van der Waals surface area contributed by atoms with Crippen LogP contribution >= 0.6 is 11.8 Å². The molecule has 0 aromatic rings. The third kappa shape index (κ3) is 2.03. The van der Waals surface area contributed by atoms with E-state index in [0.717, 1.165) is 6.42 Å². The third-order valence-electron chi connectivity index (χ3n) is 5.40. The summed E-state index contributed by atoms with van der Waals surface area (Å²) in [6, 6.07) is 0. The summed E-state index contributed by atoms with van der Waals surface area (Å²) in [6.07, 6.45) is 7.01. The number of rotatable bonds is 6. The van der Waals surface area contributed by atoms with Gasteiger partial charge in [-0.2, -0.15) is 11.8 Å². The number of carbonyl (C=O) groups is 2. The normalized spacial score (nSPS) is 39.1. The lowest BCUT2D eigenvalue weighted by atomic mass is 9.74. The number of thioether (sulfide) groups is 1. The Bertz CT molecular complexity index is 494. The molecule has 0 amide bonds. The van der Waals surface area contributed by atoms with Crippen molar-refractivity contribution in [2.45, 2.75) is 24.5 Å². The molecule has 5 nitrogen and oxygen atoms in total. The van der Waals surface area contributed by atoms with E-state index in [9.17, 15) is 14.7 Å². The van der Waals surface area contributed by atoms with Gasteiger partial charge in [-0.05, 0) is 43.7 Å². The molecular weight excluding hydrogens is 290 g/mol. The van der Waals surface area contributed by atoms with Crippen molar-refractivity contribution in [1.82, 2.24) is 5.32 Å². The van der Waals surface area contributed by atoms with E-state index >= 15 is 0 Å². The molecule has 0 unspecified atom stereocenters. The number of likely N-dealkylation sites (N-methyl/N-ethyl adjacent to an activating group) is 1. The number of carboxylic acids is 1. The Labute approximate surface area is 128 Å². The molecule has 2 aliphatic carbocycles. The van der Waals surface area contributed by atoms with Gasteiger partial charge in [0.1, 0.15) is 6.10 Å². The predicted octanol–water partition coefficient (Wildman–Crippen LogP) is 1.15. The molecule has 6 atom stereocenters. The minimum Gasteiger partial charge on any atom is -0.480 e. The number of esters is 1. The van der Waals surface area contributed by atoms with E-state index in [0.29, 0.717) is 12.2 Å². The molecular formula is C15H21NO4S. The molecule has 2 fully saturated rings. The number of nitrogens with one attached hydrogen (secondary N) is 1. The molecule has 0 spiro atoms. The zero-order valence-corrected chi connectivity index (χ0v) is 13.1. The summed E-state index contributed by atoms with van der Waals surface area (Å²) in [6.45, 7) is 0. The van der Waals surface area contributed by atoms with Crippen LogP contribution in [0.3, 0.4) is 0 Å². The first kappa shape index (κ1) is 14.9. The average Bonchev–Trinajstić information content (AvgIpc) is 3.14.